The van der Waals surface area contributed by atoms with Crippen molar-refractivity contribution < 1.29 is 9.84 Å². The van der Waals surface area contributed by atoms with Gasteiger partial charge < -0.3 is 14.7 Å². The zero-order valence-electron chi connectivity index (χ0n) is 13.8. The van der Waals surface area contributed by atoms with E-state index in [9.17, 15) is 10.4 Å². The van der Waals surface area contributed by atoms with E-state index < -0.39 is 5.60 Å². The molecule has 126 valence electrons. The third kappa shape index (κ3) is 3.18. The summed E-state index contributed by atoms with van der Waals surface area (Å²) in [6.45, 7) is 3.49. The maximum absolute atomic E-state index is 10.8. The highest BCUT2D eigenvalue weighted by molar-refractivity contribution is 6.35. The van der Waals surface area contributed by atoms with Gasteiger partial charge in [0.15, 0.2) is 0 Å². The first kappa shape index (κ1) is 17.0. The molecule has 1 N–H and O–H groups in total. The van der Waals surface area contributed by atoms with E-state index in [1.165, 1.54) is 0 Å². The lowest BCUT2D eigenvalue weighted by Crippen LogP contribution is -2.46. The van der Waals surface area contributed by atoms with Gasteiger partial charge in [0.1, 0.15) is 6.07 Å². The lowest BCUT2D eigenvalue weighted by molar-refractivity contribution is -0.0572. The molecule has 0 spiro atoms. The van der Waals surface area contributed by atoms with Crippen molar-refractivity contribution in [2.75, 3.05) is 31.7 Å². The SMILES string of the molecule is Cc1cc(Cl)c2ncc(C#N)c(N(C)CC3(O)CCOCC3)c2c1. The second kappa shape index (κ2) is 6.56. The number of ether oxygens (including phenoxy) is 1. The number of fused-ring (bicyclic) bond motifs is 1. The van der Waals surface area contributed by atoms with Gasteiger partial charge >= 0.3 is 0 Å². The fourth-order valence-corrected chi connectivity index (χ4v) is 3.63. The van der Waals surface area contributed by atoms with Crippen LogP contribution in [-0.4, -0.2) is 42.5 Å². The zero-order valence-corrected chi connectivity index (χ0v) is 14.6. The van der Waals surface area contributed by atoms with Crippen LogP contribution < -0.4 is 4.90 Å². The number of nitrogens with zero attached hydrogens (tertiary/aromatic N) is 3. The Kier molecular flexibility index (Phi) is 4.64. The highest BCUT2D eigenvalue weighted by Gasteiger charge is 2.32. The minimum absolute atomic E-state index is 0.426. The number of hydrogen-bond acceptors (Lipinski definition) is 5. The lowest BCUT2D eigenvalue weighted by Gasteiger charge is -2.36. The molecule has 0 radical (unpaired) electrons. The Morgan fingerprint density at radius 3 is 2.79 bits per heavy atom. The number of aromatic nitrogens is 1. The maximum atomic E-state index is 10.8. The summed E-state index contributed by atoms with van der Waals surface area (Å²) in [6.07, 6.45) is 2.72. The Morgan fingerprint density at radius 2 is 2.12 bits per heavy atom. The number of pyridine rings is 1. The van der Waals surface area contributed by atoms with Gasteiger partial charge in [0.2, 0.25) is 0 Å². The van der Waals surface area contributed by atoms with Gasteiger partial charge in [0, 0.05) is 51.2 Å². The van der Waals surface area contributed by atoms with Crippen LogP contribution >= 0.6 is 11.6 Å². The van der Waals surface area contributed by atoms with Crippen LogP contribution in [0.15, 0.2) is 18.3 Å². The summed E-state index contributed by atoms with van der Waals surface area (Å²) in [4.78, 5) is 6.27. The van der Waals surface area contributed by atoms with Gasteiger partial charge in [-0.2, -0.15) is 5.26 Å². The lowest BCUT2D eigenvalue weighted by atomic mass is 9.93. The number of anilines is 1. The maximum Gasteiger partial charge on any atom is 0.103 e. The van der Waals surface area contributed by atoms with E-state index in [-0.39, 0.29) is 0 Å². The van der Waals surface area contributed by atoms with E-state index in [4.69, 9.17) is 16.3 Å². The summed E-state index contributed by atoms with van der Waals surface area (Å²) in [6, 6.07) is 6.04. The Balaban J connectivity index is 2.08. The molecule has 1 fully saturated rings. The molecule has 0 aliphatic carbocycles. The van der Waals surface area contributed by atoms with Crippen LogP contribution in [0.2, 0.25) is 5.02 Å². The Hall–Kier alpha value is -1.87. The number of hydrogen-bond donors (Lipinski definition) is 1. The number of likely N-dealkylation sites (N-methyl/N-ethyl adjacent to an activating group) is 1. The van der Waals surface area contributed by atoms with Gasteiger partial charge in [-0.25, -0.2) is 0 Å². The largest absolute Gasteiger partial charge is 0.388 e. The van der Waals surface area contributed by atoms with Gasteiger partial charge in [0.25, 0.3) is 0 Å². The fourth-order valence-electron chi connectivity index (χ4n) is 3.30. The molecule has 0 amide bonds. The van der Waals surface area contributed by atoms with Crippen LogP contribution in [0.3, 0.4) is 0 Å². The summed E-state index contributed by atoms with van der Waals surface area (Å²) in [5, 5.41) is 21.7. The monoisotopic (exact) mass is 345 g/mol. The topological polar surface area (TPSA) is 69.4 Å². The second-order valence-corrected chi connectivity index (χ2v) is 6.88. The molecule has 2 heterocycles. The Bertz CT molecular complexity index is 810. The minimum Gasteiger partial charge on any atom is -0.388 e. The first-order chi connectivity index (χ1) is 11.4. The van der Waals surface area contributed by atoms with Crippen molar-refractivity contribution in [3.63, 3.8) is 0 Å². The fraction of sp³-hybridized carbons (Fsp3) is 0.444. The smallest absolute Gasteiger partial charge is 0.103 e. The minimum atomic E-state index is -0.817. The summed E-state index contributed by atoms with van der Waals surface area (Å²) < 4.78 is 5.34. The Morgan fingerprint density at radius 1 is 1.42 bits per heavy atom. The van der Waals surface area contributed by atoms with Crippen molar-refractivity contribution in [3.05, 3.63) is 34.5 Å². The number of aryl methyl sites for hydroxylation is 1. The summed E-state index contributed by atoms with van der Waals surface area (Å²) >= 11 is 6.32. The molecule has 24 heavy (non-hydrogen) atoms. The molecule has 1 aromatic carbocycles. The van der Waals surface area contributed by atoms with E-state index in [1.54, 1.807) is 6.20 Å². The van der Waals surface area contributed by atoms with E-state index in [2.05, 4.69) is 11.1 Å². The first-order valence-electron chi connectivity index (χ1n) is 7.94. The van der Waals surface area contributed by atoms with Gasteiger partial charge in [-0.3, -0.25) is 4.98 Å². The number of nitriles is 1. The number of aliphatic hydroxyl groups is 1. The average molecular weight is 346 g/mol. The molecule has 6 heteroatoms. The normalized spacial score (nSPS) is 16.8. The molecular weight excluding hydrogens is 326 g/mol. The number of halogens is 1. The molecule has 1 aliphatic heterocycles. The van der Waals surface area contributed by atoms with Gasteiger partial charge in [0.05, 0.1) is 27.4 Å². The predicted octanol–water partition coefficient (Wildman–Crippen LogP) is 3.05. The van der Waals surface area contributed by atoms with Crippen LogP contribution in [0, 0.1) is 18.3 Å². The van der Waals surface area contributed by atoms with Gasteiger partial charge in [-0.15, -0.1) is 0 Å². The van der Waals surface area contributed by atoms with E-state index in [0.717, 1.165) is 16.6 Å². The molecule has 0 unspecified atom stereocenters. The molecule has 0 atom stereocenters. The van der Waals surface area contributed by atoms with Crippen LogP contribution in [-0.2, 0) is 4.74 Å². The van der Waals surface area contributed by atoms with Crippen molar-refractivity contribution in [3.8, 4) is 6.07 Å². The standard InChI is InChI=1S/C18H20ClN3O2/c1-12-7-14-16(15(19)8-12)21-10-13(9-20)17(14)22(2)11-18(23)3-5-24-6-4-18/h7-8,10,23H,3-6,11H2,1-2H3. The molecule has 2 aromatic rings. The summed E-state index contributed by atoms with van der Waals surface area (Å²) in [5.74, 6) is 0. The predicted molar refractivity (Wildman–Crippen MR) is 94.5 cm³/mol. The van der Waals surface area contributed by atoms with E-state index in [0.29, 0.717) is 48.7 Å². The quantitative estimate of drug-likeness (QED) is 0.925. The molecular formula is C18H20ClN3O2. The number of rotatable bonds is 3. The first-order valence-corrected chi connectivity index (χ1v) is 8.31. The third-order valence-corrected chi connectivity index (χ3v) is 4.79. The number of benzene rings is 1. The van der Waals surface area contributed by atoms with Crippen molar-refractivity contribution in [1.82, 2.24) is 4.98 Å². The molecule has 5 nitrogen and oxygen atoms in total. The molecule has 1 aliphatic rings. The van der Waals surface area contributed by atoms with Gasteiger partial charge in [-0.1, -0.05) is 11.6 Å². The third-order valence-electron chi connectivity index (χ3n) is 4.50. The second-order valence-electron chi connectivity index (χ2n) is 6.47. The molecule has 1 aromatic heterocycles. The van der Waals surface area contributed by atoms with Crippen molar-refractivity contribution in [2.45, 2.75) is 25.4 Å². The highest BCUT2D eigenvalue weighted by Crippen LogP contribution is 2.34. The molecule has 0 bridgehead atoms. The zero-order chi connectivity index (χ0) is 17.3. The van der Waals surface area contributed by atoms with Crippen LogP contribution in [0.25, 0.3) is 10.9 Å². The van der Waals surface area contributed by atoms with E-state index >= 15 is 0 Å². The van der Waals surface area contributed by atoms with Crippen molar-refractivity contribution >= 4 is 28.2 Å². The van der Waals surface area contributed by atoms with Crippen molar-refractivity contribution in [1.29, 1.82) is 5.26 Å². The Labute approximate surface area is 146 Å². The van der Waals surface area contributed by atoms with Crippen LogP contribution in [0.5, 0.6) is 0 Å². The molecule has 0 saturated carbocycles. The van der Waals surface area contributed by atoms with Gasteiger partial charge in [-0.05, 0) is 24.6 Å². The highest BCUT2D eigenvalue weighted by atomic mass is 35.5. The van der Waals surface area contributed by atoms with Crippen LogP contribution in [0.4, 0.5) is 5.69 Å². The molecule has 1 saturated heterocycles. The summed E-state index contributed by atoms with van der Waals surface area (Å²) in [7, 11) is 1.89. The average Bonchev–Trinajstić information content (AvgIpc) is 2.53. The molecule has 3 rings (SSSR count). The van der Waals surface area contributed by atoms with E-state index in [1.807, 2.05) is 31.0 Å². The summed E-state index contributed by atoms with van der Waals surface area (Å²) in [5.41, 5.74) is 2.09. The van der Waals surface area contributed by atoms with Crippen LogP contribution in [0.1, 0.15) is 24.0 Å². The van der Waals surface area contributed by atoms with Crippen molar-refractivity contribution in [2.24, 2.45) is 0 Å².